The van der Waals surface area contributed by atoms with Crippen molar-refractivity contribution in [2.24, 2.45) is 0 Å². The summed E-state index contributed by atoms with van der Waals surface area (Å²) in [5, 5.41) is 2.80. The van der Waals surface area contributed by atoms with Gasteiger partial charge in [-0.3, -0.25) is 9.00 Å². The summed E-state index contributed by atoms with van der Waals surface area (Å²) in [5.74, 6) is 0.341. The highest BCUT2D eigenvalue weighted by molar-refractivity contribution is 9.13. The molecule has 1 aromatic rings. The van der Waals surface area contributed by atoms with E-state index in [0.717, 1.165) is 8.26 Å². The maximum absolute atomic E-state index is 11.8. The highest BCUT2D eigenvalue weighted by atomic mass is 79.9. The lowest BCUT2D eigenvalue weighted by molar-refractivity contribution is 0.0948. The van der Waals surface area contributed by atoms with Gasteiger partial charge in [0.25, 0.3) is 5.91 Å². The SMILES string of the molecule is CC(CS(C)=O)NC(=O)c1cc(Br)c(Br)s1. The maximum atomic E-state index is 11.8. The van der Waals surface area contributed by atoms with Crippen LogP contribution in [-0.4, -0.2) is 28.2 Å². The van der Waals surface area contributed by atoms with Gasteiger partial charge in [0.15, 0.2) is 0 Å². The zero-order valence-corrected chi connectivity index (χ0v) is 13.6. The molecule has 0 aliphatic rings. The average Bonchev–Trinajstić information content (AvgIpc) is 2.45. The molecule has 1 rings (SSSR count). The van der Waals surface area contributed by atoms with Crippen LogP contribution in [-0.2, 0) is 10.8 Å². The molecule has 0 fully saturated rings. The van der Waals surface area contributed by atoms with Crippen molar-refractivity contribution in [2.75, 3.05) is 12.0 Å². The van der Waals surface area contributed by atoms with Crippen molar-refractivity contribution < 1.29 is 9.00 Å². The minimum atomic E-state index is -0.898. The fourth-order valence-corrected chi connectivity index (χ4v) is 3.87. The highest BCUT2D eigenvalue weighted by Crippen LogP contribution is 2.32. The van der Waals surface area contributed by atoms with Crippen LogP contribution in [0.5, 0.6) is 0 Å². The number of amides is 1. The Bertz CT molecular complexity index is 400. The third-order valence-corrected chi connectivity index (χ3v) is 5.96. The van der Waals surface area contributed by atoms with Gasteiger partial charge in [0.2, 0.25) is 0 Å². The highest BCUT2D eigenvalue weighted by Gasteiger charge is 2.14. The first-order chi connectivity index (χ1) is 7.40. The number of halogens is 2. The van der Waals surface area contributed by atoms with Gasteiger partial charge in [-0.1, -0.05) is 0 Å². The van der Waals surface area contributed by atoms with Crippen molar-refractivity contribution in [3.63, 3.8) is 0 Å². The summed E-state index contributed by atoms with van der Waals surface area (Å²) in [4.78, 5) is 12.4. The van der Waals surface area contributed by atoms with Gasteiger partial charge in [-0.15, -0.1) is 11.3 Å². The van der Waals surface area contributed by atoms with Crippen LogP contribution in [0.4, 0.5) is 0 Å². The molecular weight excluding hydrogens is 378 g/mol. The van der Waals surface area contributed by atoms with Crippen LogP contribution in [0.25, 0.3) is 0 Å². The normalized spacial score (nSPS) is 14.5. The number of hydrogen-bond acceptors (Lipinski definition) is 3. The first-order valence-electron chi connectivity index (χ1n) is 4.46. The molecule has 0 aliphatic heterocycles. The van der Waals surface area contributed by atoms with E-state index in [9.17, 15) is 9.00 Å². The van der Waals surface area contributed by atoms with E-state index in [2.05, 4.69) is 37.2 Å². The topological polar surface area (TPSA) is 46.2 Å². The molecule has 90 valence electrons. The van der Waals surface area contributed by atoms with Gasteiger partial charge in [0.1, 0.15) is 0 Å². The molecule has 0 aliphatic carbocycles. The molecule has 2 unspecified atom stereocenters. The number of rotatable bonds is 4. The fraction of sp³-hybridized carbons (Fsp3) is 0.444. The van der Waals surface area contributed by atoms with Crippen LogP contribution in [0, 0.1) is 0 Å². The third kappa shape index (κ3) is 4.27. The van der Waals surface area contributed by atoms with Crippen LogP contribution < -0.4 is 5.32 Å². The van der Waals surface area contributed by atoms with Gasteiger partial charge in [-0.25, -0.2) is 0 Å². The Morgan fingerprint density at radius 3 is 2.69 bits per heavy atom. The molecule has 16 heavy (non-hydrogen) atoms. The Morgan fingerprint density at radius 1 is 1.62 bits per heavy atom. The van der Waals surface area contributed by atoms with Crippen molar-refractivity contribution in [3.05, 3.63) is 19.2 Å². The minimum absolute atomic E-state index is 0.0852. The van der Waals surface area contributed by atoms with Crippen LogP contribution in [0.1, 0.15) is 16.6 Å². The molecule has 1 N–H and O–H groups in total. The second kappa shape index (κ2) is 6.28. The molecule has 0 bridgehead atoms. The molecule has 0 saturated heterocycles. The van der Waals surface area contributed by atoms with Crippen molar-refractivity contribution in [1.29, 1.82) is 0 Å². The molecular formula is C9H11Br2NO2S2. The molecule has 0 saturated carbocycles. The number of carbonyl (C=O) groups is 1. The smallest absolute Gasteiger partial charge is 0.261 e. The maximum Gasteiger partial charge on any atom is 0.261 e. The van der Waals surface area contributed by atoms with E-state index in [1.54, 1.807) is 12.3 Å². The Balaban J connectivity index is 2.62. The van der Waals surface area contributed by atoms with Crippen LogP contribution in [0.15, 0.2) is 14.3 Å². The molecule has 1 aromatic heterocycles. The molecule has 7 heteroatoms. The lowest BCUT2D eigenvalue weighted by Crippen LogP contribution is -2.35. The average molecular weight is 389 g/mol. The van der Waals surface area contributed by atoms with Crippen LogP contribution in [0.2, 0.25) is 0 Å². The Hall–Kier alpha value is 0.280. The van der Waals surface area contributed by atoms with Crippen LogP contribution in [0.3, 0.4) is 0 Å². The van der Waals surface area contributed by atoms with E-state index in [1.807, 2.05) is 6.92 Å². The number of hydrogen-bond donors (Lipinski definition) is 1. The van der Waals surface area contributed by atoms with Crippen molar-refractivity contribution in [3.8, 4) is 0 Å². The van der Waals surface area contributed by atoms with E-state index >= 15 is 0 Å². The molecule has 1 amide bonds. The van der Waals surface area contributed by atoms with Gasteiger partial charge in [-0.05, 0) is 44.8 Å². The van der Waals surface area contributed by atoms with Gasteiger partial charge >= 0.3 is 0 Å². The Labute approximate surface area is 118 Å². The second-order valence-electron chi connectivity index (χ2n) is 3.35. The molecule has 1 heterocycles. The number of nitrogens with one attached hydrogen (secondary N) is 1. The first-order valence-corrected chi connectivity index (χ1v) is 8.59. The lowest BCUT2D eigenvalue weighted by Gasteiger charge is -2.10. The quantitative estimate of drug-likeness (QED) is 0.861. The summed E-state index contributed by atoms with van der Waals surface area (Å²) in [7, 11) is -0.898. The lowest BCUT2D eigenvalue weighted by atomic mass is 10.3. The summed E-state index contributed by atoms with van der Waals surface area (Å²) in [6, 6.07) is 1.68. The van der Waals surface area contributed by atoms with E-state index < -0.39 is 10.8 Å². The fourth-order valence-electron chi connectivity index (χ4n) is 1.15. The van der Waals surface area contributed by atoms with Gasteiger partial charge in [0, 0.05) is 33.3 Å². The van der Waals surface area contributed by atoms with Crippen LogP contribution >= 0.6 is 43.2 Å². The van der Waals surface area contributed by atoms with E-state index in [1.165, 1.54) is 11.3 Å². The molecule has 0 spiro atoms. The zero-order chi connectivity index (χ0) is 12.3. The zero-order valence-electron chi connectivity index (χ0n) is 8.75. The second-order valence-corrected chi connectivity index (χ2v) is 8.05. The predicted octanol–water partition coefficient (Wildman–Crippen LogP) is 2.77. The molecule has 0 aromatic carbocycles. The van der Waals surface area contributed by atoms with Gasteiger partial charge in [-0.2, -0.15) is 0 Å². The van der Waals surface area contributed by atoms with E-state index in [4.69, 9.17) is 0 Å². The van der Waals surface area contributed by atoms with E-state index in [-0.39, 0.29) is 11.9 Å². The van der Waals surface area contributed by atoms with E-state index in [0.29, 0.717) is 10.6 Å². The summed E-state index contributed by atoms with van der Waals surface area (Å²) in [6.07, 6.45) is 1.63. The third-order valence-electron chi connectivity index (χ3n) is 1.73. The number of carbonyl (C=O) groups excluding carboxylic acids is 1. The summed E-state index contributed by atoms with van der Waals surface area (Å²) >= 11 is 8.02. The van der Waals surface area contributed by atoms with Crippen molar-refractivity contribution in [2.45, 2.75) is 13.0 Å². The minimum Gasteiger partial charge on any atom is -0.348 e. The predicted molar refractivity (Wildman–Crippen MR) is 75.6 cm³/mol. The first kappa shape index (κ1) is 14.3. The standard InChI is InChI=1S/C9H11Br2NO2S2/c1-5(4-16(2)14)12-9(13)7-3-6(10)8(11)15-7/h3,5H,4H2,1-2H3,(H,12,13). The number of thiophene rings is 1. The Morgan fingerprint density at radius 2 is 2.25 bits per heavy atom. The van der Waals surface area contributed by atoms with Crippen molar-refractivity contribution in [1.82, 2.24) is 5.32 Å². The van der Waals surface area contributed by atoms with Crippen molar-refractivity contribution >= 4 is 59.9 Å². The summed E-state index contributed by atoms with van der Waals surface area (Å²) < 4.78 is 12.7. The van der Waals surface area contributed by atoms with Gasteiger partial charge < -0.3 is 5.32 Å². The largest absolute Gasteiger partial charge is 0.348 e. The summed E-state index contributed by atoms with van der Waals surface area (Å²) in [5.41, 5.74) is 0. The van der Waals surface area contributed by atoms with Gasteiger partial charge in [0.05, 0.1) is 8.66 Å². The molecule has 3 nitrogen and oxygen atoms in total. The Kier molecular flexibility index (Phi) is 5.63. The molecule has 0 radical (unpaired) electrons. The molecule has 2 atom stereocenters. The summed E-state index contributed by atoms with van der Waals surface area (Å²) in [6.45, 7) is 1.84. The monoisotopic (exact) mass is 387 g/mol.